The van der Waals surface area contributed by atoms with E-state index in [1.807, 2.05) is 49.4 Å². The highest BCUT2D eigenvalue weighted by molar-refractivity contribution is 7.99. The minimum Gasteiger partial charge on any atom is -0.493 e. The minimum atomic E-state index is -0.833. The Morgan fingerprint density at radius 3 is 2.68 bits per heavy atom. The van der Waals surface area contributed by atoms with Gasteiger partial charge in [0.1, 0.15) is 12.6 Å². The van der Waals surface area contributed by atoms with Gasteiger partial charge in [-0.2, -0.15) is 0 Å². The number of carbonyl (C=O) groups is 1. The summed E-state index contributed by atoms with van der Waals surface area (Å²) in [5.74, 6) is 0.988. The number of rotatable bonds is 6. The zero-order chi connectivity index (χ0) is 17.8. The lowest BCUT2D eigenvalue weighted by atomic mass is 10.1. The third kappa shape index (κ3) is 4.08. The van der Waals surface area contributed by atoms with Crippen LogP contribution >= 0.6 is 11.8 Å². The fraction of sp³-hybridized carbons (Fsp3) is 0.316. The molecule has 2 aromatic rings. The summed E-state index contributed by atoms with van der Waals surface area (Å²) in [5.41, 5.74) is 3.17. The molecule has 0 amide bonds. The van der Waals surface area contributed by atoms with Crippen molar-refractivity contribution in [1.82, 2.24) is 5.32 Å². The van der Waals surface area contributed by atoms with E-state index in [2.05, 4.69) is 5.32 Å². The van der Waals surface area contributed by atoms with Gasteiger partial charge in [-0.05, 0) is 18.6 Å². The summed E-state index contributed by atoms with van der Waals surface area (Å²) in [6.07, 6.45) is 0. The van der Waals surface area contributed by atoms with Gasteiger partial charge in [0.2, 0.25) is 0 Å². The summed E-state index contributed by atoms with van der Waals surface area (Å²) in [5, 5.41) is 12.2. The second-order valence-corrected chi connectivity index (χ2v) is 7.06. The molecule has 2 N–H and O–H groups in total. The van der Waals surface area contributed by atoms with E-state index in [1.54, 1.807) is 18.9 Å². The zero-order valence-electron chi connectivity index (χ0n) is 14.2. The number of carboxylic acids is 1. The van der Waals surface area contributed by atoms with Crippen LogP contribution in [0.4, 0.5) is 0 Å². The topological polar surface area (TPSA) is 67.8 Å². The number of benzene rings is 2. The molecule has 5 nitrogen and oxygen atoms in total. The number of ether oxygens (including phenoxy) is 2. The molecule has 1 aliphatic rings. The van der Waals surface area contributed by atoms with Crippen molar-refractivity contribution in [3.63, 3.8) is 0 Å². The standard InChI is InChI=1S/C19H21NO4S/c1-12-6-8-13(9-7-12)10-24-17-14(4-3-5-16(17)23-2)18-20-15(11-25-18)19(21)22/h3-9,15,18,20H,10-11H2,1-2H3,(H,21,22). The molecule has 1 aliphatic heterocycles. The van der Waals surface area contributed by atoms with E-state index in [4.69, 9.17) is 9.47 Å². The lowest BCUT2D eigenvalue weighted by Crippen LogP contribution is -2.33. The number of para-hydroxylation sites is 1. The Labute approximate surface area is 151 Å². The molecule has 0 aromatic heterocycles. The van der Waals surface area contributed by atoms with Crippen LogP contribution in [0.1, 0.15) is 22.1 Å². The second-order valence-electron chi connectivity index (χ2n) is 5.92. The zero-order valence-corrected chi connectivity index (χ0v) is 15.0. The Morgan fingerprint density at radius 1 is 1.28 bits per heavy atom. The Balaban J connectivity index is 1.82. The second kappa shape index (κ2) is 7.80. The molecular formula is C19H21NO4S. The molecule has 0 bridgehead atoms. The number of carboxylic acid groups (broad SMARTS) is 1. The molecule has 0 aliphatic carbocycles. The van der Waals surface area contributed by atoms with Crippen LogP contribution in [0.25, 0.3) is 0 Å². The number of methoxy groups -OCH3 is 1. The van der Waals surface area contributed by atoms with E-state index in [-0.39, 0.29) is 5.37 Å². The van der Waals surface area contributed by atoms with Gasteiger partial charge in [0.15, 0.2) is 11.5 Å². The summed E-state index contributed by atoms with van der Waals surface area (Å²) in [6.45, 7) is 2.47. The third-order valence-corrected chi connectivity index (χ3v) is 5.34. The molecule has 0 saturated carbocycles. The van der Waals surface area contributed by atoms with Gasteiger partial charge in [0, 0.05) is 11.3 Å². The highest BCUT2D eigenvalue weighted by Gasteiger charge is 2.32. The van der Waals surface area contributed by atoms with Crippen molar-refractivity contribution >= 4 is 17.7 Å². The van der Waals surface area contributed by atoms with E-state index in [0.29, 0.717) is 23.9 Å². The van der Waals surface area contributed by atoms with Crippen molar-refractivity contribution in [3.8, 4) is 11.5 Å². The number of nitrogens with one attached hydrogen (secondary N) is 1. The molecule has 3 rings (SSSR count). The van der Waals surface area contributed by atoms with Gasteiger partial charge in [0.25, 0.3) is 0 Å². The van der Waals surface area contributed by atoms with Crippen molar-refractivity contribution < 1.29 is 19.4 Å². The van der Waals surface area contributed by atoms with E-state index < -0.39 is 12.0 Å². The summed E-state index contributed by atoms with van der Waals surface area (Å²) < 4.78 is 11.5. The minimum absolute atomic E-state index is 0.135. The number of hydrogen-bond acceptors (Lipinski definition) is 5. The molecule has 6 heteroatoms. The average molecular weight is 359 g/mol. The maximum absolute atomic E-state index is 11.2. The van der Waals surface area contributed by atoms with Crippen LogP contribution in [-0.2, 0) is 11.4 Å². The van der Waals surface area contributed by atoms with Gasteiger partial charge < -0.3 is 14.6 Å². The molecule has 132 valence electrons. The molecule has 1 heterocycles. The first-order chi connectivity index (χ1) is 12.1. The Kier molecular flexibility index (Phi) is 5.50. The fourth-order valence-corrected chi connectivity index (χ4v) is 3.94. The van der Waals surface area contributed by atoms with Crippen molar-refractivity contribution in [1.29, 1.82) is 0 Å². The Bertz CT molecular complexity index is 748. The predicted octanol–water partition coefficient (Wildman–Crippen LogP) is 3.37. The first-order valence-corrected chi connectivity index (χ1v) is 9.09. The molecule has 1 saturated heterocycles. The van der Waals surface area contributed by atoms with Crippen molar-refractivity contribution in [2.75, 3.05) is 12.9 Å². The highest BCUT2D eigenvalue weighted by atomic mass is 32.2. The van der Waals surface area contributed by atoms with Crippen LogP contribution in [0.5, 0.6) is 11.5 Å². The summed E-state index contributed by atoms with van der Waals surface area (Å²) in [6, 6.07) is 13.3. The van der Waals surface area contributed by atoms with E-state index in [0.717, 1.165) is 11.1 Å². The molecular weight excluding hydrogens is 338 g/mol. The Hall–Kier alpha value is -2.18. The summed E-state index contributed by atoms with van der Waals surface area (Å²) >= 11 is 1.56. The van der Waals surface area contributed by atoms with Gasteiger partial charge in [-0.25, -0.2) is 0 Å². The SMILES string of the molecule is COc1cccc(C2NC(C(=O)O)CS2)c1OCc1ccc(C)cc1. The number of hydrogen-bond donors (Lipinski definition) is 2. The van der Waals surface area contributed by atoms with Gasteiger partial charge in [-0.1, -0.05) is 42.0 Å². The lowest BCUT2D eigenvalue weighted by Gasteiger charge is -2.19. The molecule has 0 radical (unpaired) electrons. The molecule has 25 heavy (non-hydrogen) atoms. The van der Waals surface area contributed by atoms with Crippen LogP contribution < -0.4 is 14.8 Å². The quantitative estimate of drug-likeness (QED) is 0.824. The summed E-state index contributed by atoms with van der Waals surface area (Å²) in [7, 11) is 1.60. The monoisotopic (exact) mass is 359 g/mol. The predicted molar refractivity (Wildman–Crippen MR) is 98.3 cm³/mol. The molecule has 2 atom stereocenters. The van der Waals surface area contributed by atoms with Crippen LogP contribution in [0.2, 0.25) is 0 Å². The van der Waals surface area contributed by atoms with Gasteiger partial charge in [-0.15, -0.1) is 11.8 Å². The smallest absolute Gasteiger partial charge is 0.321 e. The molecule has 1 fully saturated rings. The number of aliphatic carboxylic acids is 1. The largest absolute Gasteiger partial charge is 0.493 e. The van der Waals surface area contributed by atoms with E-state index in [1.165, 1.54) is 5.56 Å². The molecule has 0 spiro atoms. The molecule has 2 unspecified atom stereocenters. The van der Waals surface area contributed by atoms with Crippen molar-refractivity contribution in [2.24, 2.45) is 0 Å². The number of aryl methyl sites for hydroxylation is 1. The number of thioether (sulfide) groups is 1. The van der Waals surface area contributed by atoms with Gasteiger partial charge in [0.05, 0.1) is 12.5 Å². The van der Waals surface area contributed by atoms with Crippen molar-refractivity contribution in [3.05, 3.63) is 59.2 Å². The summed E-state index contributed by atoms with van der Waals surface area (Å²) in [4.78, 5) is 11.2. The first kappa shape index (κ1) is 17.6. The van der Waals surface area contributed by atoms with Crippen LogP contribution in [-0.4, -0.2) is 30.0 Å². The fourth-order valence-electron chi connectivity index (χ4n) is 2.69. The van der Waals surface area contributed by atoms with Crippen LogP contribution in [0.3, 0.4) is 0 Å². The van der Waals surface area contributed by atoms with Crippen LogP contribution in [0.15, 0.2) is 42.5 Å². The van der Waals surface area contributed by atoms with Crippen molar-refractivity contribution in [2.45, 2.75) is 24.9 Å². The van der Waals surface area contributed by atoms with Crippen LogP contribution in [0, 0.1) is 6.92 Å². The normalized spacial score (nSPS) is 19.6. The maximum Gasteiger partial charge on any atom is 0.321 e. The van der Waals surface area contributed by atoms with Gasteiger partial charge >= 0.3 is 5.97 Å². The Morgan fingerprint density at radius 2 is 2.04 bits per heavy atom. The highest BCUT2D eigenvalue weighted by Crippen LogP contribution is 2.42. The lowest BCUT2D eigenvalue weighted by molar-refractivity contribution is -0.138. The average Bonchev–Trinajstić information content (AvgIpc) is 3.11. The maximum atomic E-state index is 11.2. The van der Waals surface area contributed by atoms with E-state index >= 15 is 0 Å². The third-order valence-electron chi connectivity index (χ3n) is 4.10. The van der Waals surface area contributed by atoms with E-state index in [9.17, 15) is 9.90 Å². The molecule has 2 aromatic carbocycles. The first-order valence-electron chi connectivity index (χ1n) is 8.04. The van der Waals surface area contributed by atoms with Gasteiger partial charge in [-0.3, -0.25) is 10.1 Å².